The van der Waals surface area contributed by atoms with E-state index in [2.05, 4.69) is 17.4 Å². The van der Waals surface area contributed by atoms with Crippen LogP contribution in [0.2, 0.25) is 0 Å². The lowest BCUT2D eigenvalue weighted by atomic mass is 9.98. The van der Waals surface area contributed by atoms with Crippen LogP contribution in [0.25, 0.3) is 11.1 Å². The largest absolute Gasteiger partial charge is 0.481 e. The predicted molar refractivity (Wildman–Crippen MR) is 129 cm³/mol. The van der Waals surface area contributed by atoms with Gasteiger partial charge < -0.3 is 29.7 Å². The summed E-state index contributed by atoms with van der Waals surface area (Å²) < 4.78 is 11.0. The van der Waals surface area contributed by atoms with Crippen molar-refractivity contribution in [1.29, 1.82) is 0 Å². The Kier molecular flexibility index (Phi) is 7.67. The maximum absolute atomic E-state index is 13.3. The van der Waals surface area contributed by atoms with Gasteiger partial charge >= 0.3 is 12.1 Å². The smallest absolute Gasteiger partial charge is 0.407 e. The molecule has 4 rings (SSSR count). The number of carboxylic acids is 1. The van der Waals surface area contributed by atoms with E-state index in [0.717, 1.165) is 22.3 Å². The molecule has 2 aromatic rings. The van der Waals surface area contributed by atoms with Crippen LogP contribution in [0.15, 0.2) is 48.5 Å². The highest BCUT2D eigenvalue weighted by Crippen LogP contribution is 2.44. The molecular formula is C26H31N3O6. The Morgan fingerprint density at radius 3 is 2.34 bits per heavy atom. The van der Waals surface area contributed by atoms with Gasteiger partial charge in [-0.2, -0.15) is 0 Å². The van der Waals surface area contributed by atoms with Crippen molar-refractivity contribution in [3.05, 3.63) is 59.7 Å². The van der Waals surface area contributed by atoms with Gasteiger partial charge in [-0.1, -0.05) is 48.5 Å². The summed E-state index contributed by atoms with van der Waals surface area (Å²) in [5, 5.41) is 11.9. The molecule has 9 nitrogen and oxygen atoms in total. The van der Waals surface area contributed by atoms with Crippen molar-refractivity contribution >= 4 is 18.0 Å². The van der Waals surface area contributed by atoms with Crippen molar-refractivity contribution in [3.63, 3.8) is 0 Å². The van der Waals surface area contributed by atoms with E-state index in [1.807, 2.05) is 36.4 Å². The van der Waals surface area contributed by atoms with E-state index >= 15 is 0 Å². The summed E-state index contributed by atoms with van der Waals surface area (Å²) in [5.41, 5.74) is 4.48. The van der Waals surface area contributed by atoms with Gasteiger partial charge in [-0.25, -0.2) is 4.79 Å². The van der Waals surface area contributed by atoms with Crippen LogP contribution in [0.1, 0.15) is 23.5 Å². The molecule has 0 saturated carbocycles. The number of amides is 2. The van der Waals surface area contributed by atoms with Crippen molar-refractivity contribution in [2.75, 3.05) is 47.0 Å². The molecule has 1 unspecified atom stereocenters. The van der Waals surface area contributed by atoms with Gasteiger partial charge in [0, 0.05) is 19.0 Å². The lowest BCUT2D eigenvalue weighted by molar-refractivity contribution is -0.147. The number of hydrogen-bond donors (Lipinski definition) is 2. The number of ether oxygens (including phenoxy) is 2. The summed E-state index contributed by atoms with van der Waals surface area (Å²) in [6.45, 7) is 1.13. The highest BCUT2D eigenvalue weighted by atomic mass is 16.5. The summed E-state index contributed by atoms with van der Waals surface area (Å²) in [4.78, 5) is 40.7. The van der Waals surface area contributed by atoms with Gasteiger partial charge in [0.25, 0.3) is 0 Å². The molecule has 2 N–H and O–H groups in total. The predicted octanol–water partition coefficient (Wildman–Crippen LogP) is 2.16. The fourth-order valence-electron chi connectivity index (χ4n) is 4.85. The van der Waals surface area contributed by atoms with Gasteiger partial charge in [0.15, 0.2) is 0 Å². The summed E-state index contributed by atoms with van der Waals surface area (Å²) in [6.07, 6.45) is -0.902. The zero-order valence-corrected chi connectivity index (χ0v) is 20.0. The lowest BCUT2D eigenvalue weighted by Gasteiger charge is -2.37. The SMILES string of the molecule is CN(C)C[C@H](NC(=O)OCC1c2ccccc2-c2ccccc21)C(=O)N1CCOCC1CC(=O)O. The third kappa shape index (κ3) is 5.63. The van der Waals surface area contributed by atoms with Crippen molar-refractivity contribution in [2.24, 2.45) is 0 Å². The standard InChI is InChI=1S/C26H31N3O6/c1-28(2)14-23(25(32)29-11-12-34-15-17(29)13-24(30)31)27-26(33)35-16-22-20-9-5-3-7-18(20)19-8-4-6-10-21(19)22/h3-10,17,22-23H,11-16H2,1-2H3,(H,27,33)(H,30,31)/t17?,23-/m0/s1. The molecule has 0 bridgehead atoms. The van der Waals surface area contributed by atoms with Gasteiger partial charge in [0.05, 0.1) is 25.7 Å². The number of carbonyl (C=O) groups excluding carboxylic acids is 2. The number of fused-ring (bicyclic) bond motifs is 3. The summed E-state index contributed by atoms with van der Waals surface area (Å²) >= 11 is 0. The van der Waals surface area contributed by atoms with E-state index in [4.69, 9.17) is 9.47 Å². The van der Waals surface area contributed by atoms with Crippen LogP contribution in [0.4, 0.5) is 4.79 Å². The second-order valence-electron chi connectivity index (χ2n) is 9.14. The number of carboxylic acid groups (broad SMARTS) is 1. The first kappa shape index (κ1) is 24.7. The average Bonchev–Trinajstić information content (AvgIpc) is 3.15. The molecule has 0 aromatic heterocycles. The van der Waals surface area contributed by atoms with Crippen molar-refractivity contribution < 1.29 is 29.0 Å². The topological polar surface area (TPSA) is 108 Å². The van der Waals surface area contributed by atoms with Crippen LogP contribution < -0.4 is 5.32 Å². The number of nitrogens with zero attached hydrogens (tertiary/aromatic N) is 2. The molecule has 2 atom stereocenters. The number of hydrogen-bond acceptors (Lipinski definition) is 6. The Balaban J connectivity index is 1.44. The highest BCUT2D eigenvalue weighted by Gasteiger charge is 2.35. The van der Waals surface area contributed by atoms with Crippen LogP contribution in [0, 0.1) is 0 Å². The quantitative estimate of drug-likeness (QED) is 0.595. The Bertz CT molecular complexity index is 1040. The van der Waals surface area contributed by atoms with E-state index in [-0.39, 0.29) is 44.5 Å². The van der Waals surface area contributed by atoms with Gasteiger partial charge in [0.1, 0.15) is 12.6 Å². The maximum atomic E-state index is 13.3. The van der Waals surface area contributed by atoms with Crippen LogP contribution in [0.3, 0.4) is 0 Å². The molecular weight excluding hydrogens is 450 g/mol. The lowest BCUT2D eigenvalue weighted by Crippen LogP contribution is -2.58. The molecule has 0 spiro atoms. The minimum absolute atomic E-state index is 0.0876. The Labute approximate surface area is 204 Å². The number of alkyl carbamates (subject to hydrolysis) is 1. The minimum Gasteiger partial charge on any atom is -0.481 e. The number of aliphatic carboxylic acids is 1. The number of likely N-dealkylation sites (N-methyl/N-ethyl adjacent to an activating group) is 1. The fraction of sp³-hybridized carbons (Fsp3) is 0.423. The molecule has 2 amide bonds. The first-order chi connectivity index (χ1) is 16.8. The summed E-state index contributed by atoms with van der Waals surface area (Å²) in [7, 11) is 3.60. The second kappa shape index (κ2) is 10.9. The maximum Gasteiger partial charge on any atom is 0.407 e. The zero-order chi connectivity index (χ0) is 24.9. The number of rotatable bonds is 8. The first-order valence-corrected chi connectivity index (χ1v) is 11.7. The van der Waals surface area contributed by atoms with E-state index in [9.17, 15) is 19.5 Å². The molecule has 1 aliphatic carbocycles. The van der Waals surface area contributed by atoms with E-state index in [1.165, 1.54) is 4.90 Å². The molecule has 9 heteroatoms. The zero-order valence-electron chi connectivity index (χ0n) is 20.0. The molecule has 2 aliphatic rings. The molecule has 1 aliphatic heterocycles. The molecule has 35 heavy (non-hydrogen) atoms. The Morgan fingerprint density at radius 1 is 1.11 bits per heavy atom. The Morgan fingerprint density at radius 2 is 1.74 bits per heavy atom. The third-order valence-corrected chi connectivity index (χ3v) is 6.40. The van der Waals surface area contributed by atoms with Crippen molar-refractivity contribution in [2.45, 2.75) is 24.4 Å². The normalized spacial score (nSPS) is 18.0. The minimum atomic E-state index is -1.01. The molecule has 1 heterocycles. The van der Waals surface area contributed by atoms with Gasteiger partial charge in [-0.05, 0) is 36.3 Å². The average molecular weight is 482 g/mol. The number of nitrogens with one attached hydrogen (secondary N) is 1. The third-order valence-electron chi connectivity index (χ3n) is 6.40. The van der Waals surface area contributed by atoms with Gasteiger partial charge in [-0.15, -0.1) is 0 Å². The monoisotopic (exact) mass is 481 g/mol. The van der Waals surface area contributed by atoms with E-state index < -0.39 is 24.1 Å². The molecule has 186 valence electrons. The van der Waals surface area contributed by atoms with Crippen LogP contribution in [-0.4, -0.2) is 92.0 Å². The second-order valence-corrected chi connectivity index (χ2v) is 9.14. The van der Waals surface area contributed by atoms with Crippen LogP contribution >= 0.6 is 0 Å². The highest BCUT2D eigenvalue weighted by molar-refractivity contribution is 5.87. The van der Waals surface area contributed by atoms with Gasteiger partial charge in [-0.3, -0.25) is 9.59 Å². The van der Waals surface area contributed by atoms with Crippen LogP contribution in [0.5, 0.6) is 0 Å². The number of morpholine rings is 1. The first-order valence-electron chi connectivity index (χ1n) is 11.7. The number of benzene rings is 2. The summed E-state index contributed by atoms with van der Waals surface area (Å²) in [6, 6.07) is 14.7. The van der Waals surface area contributed by atoms with E-state index in [1.54, 1.807) is 19.0 Å². The van der Waals surface area contributed by atoms with Crippen LogP contribution in [-0.2, 0) is 19.1 Å². The van der Waals surface area contributed by atoms with E-state index in [0.29, 0.717) is 6.61 Å². The molecule has 2 aromatic carbocycles. The number of carbonyl (C=O) groups is 3. The molecule has 0 radical (unpaired) electrons. The Hall–Kier alpha value is -3.43. The fourth-order valence-corrected chi connectivity index (χ4v) is 4.85. The van der Waals surface area contributed by atoms with Crippen molar-refractivity contribution in [3.8, 4) is 11.1 Å². The molecule has 1 fully saturated rings. The van der Waals surface area contributed by atoms with Gasteiger partial charge in [0.2, 0.25) is 5.91 Å². The summed E-state index contributed by atoms with van der Waals surface area (Å²) in [5.74, 6) is -1.44. The van der Waals surface area contributed by atoms with Crippen molar-refractivity contribution in [1.82, 2.24) is 15.1 Å². The molecule has 1 saturated heterocycles.